The summed E-state index contributed by atoms with van der Waals surface area (Å²) in [4.78, 5) is 0. The lowest BCUT2D eigenvalue weighted by molar-refractivity contribution is 0.125. The van der Waals surface area contributed by atoms with Gasteiger partial charge in [0.1, 0.15) is 0 Å². The van der Waals surface area contributed by atoms with E-state index in [-0.39, 0.29) is 0 Å². The van der Waals surface area contributed by atoms with Crippen LogP contribution in [0.25, 0.3) is 0 Å². The second kappa shape index (κ2) is 2.54. The molecule has 1 fully saturated rings. The molecule has 1 N–H and O–H groups in total. The zero-order chi connectivity index (χ0) is 7.78. The molecule has 0 spiro atoms. The van der Waals surface area contributed by atoms with Gasteiger partial charge in [-0.3, -0.25) is 0 Å². The van der Waals surface area contributed by atoms with Crippen LogP contribution in [0.2, 0.25) is 0 Å². The van der Waals surface area contributed by atoms with E-state index in [0.29, 0.717) is 11.6 Å². The van der Waals surface area contributed by atoms with Crippen molar-refractivity contribution in [3.05, 3.63) is 0 Å². The molecule has 0 aromatic carbocycles. The van der Waals surface area contributed by atoms with Crippen molar-refractivity contribution in [2.75, 3.05) is 0 Å². The molecule has 1 heteroatoms. The Morgan fingerprint density at radius 2 is 1.90 bits per heavy atom. The SMILES string of the molecule is CC1CC(C)(NC(C)C)C1. The number of hydrogen-bond acceptors (Lipinski definition) is 1. The van der Waals surface area contributed by atoms with Crippen molar-refractivity contribution in [2.45, 2.75) is 52.1 Å². The lowest BCUT2D eigenvalue weighted by Gasteiger charge is -2.45. The number of hydrogen-bond donors (Lipinski definition) is 1. The summed E-state index contributed by atoms with van der Waals surface area (Å²) in [5, 5.41) is 3.59. The molecule has 0 amide bonds. The molecule has 0 radical (unpaired) electrons. The molecular formula is C9H19N. The lowest BCUT2D eigenvalue weighted by Crippen LogP contribution is -2.54. The van der Waals surface area contributed by atoms with Crippen molar-refractivity contribution < 1.29 is 0 Å². The number of rotatable bonds is 2. The lowest BCUT2D eigenvalue weighted by atomic mass is 9.70. The van der Waals surface area contributed by atoms with Crippen LogP contribution in [-0.4, -0.2) is 11.6 Å². The van der Waals surface area contributed by atoms with E-state index in [1.807, 2.05) is 0 Å². The summed E-state index contributed by atoms with van der Waals surface area (Å²) in [6.45, 7) is 9.08. The van der Waals surface area contributed by atoms with Gasteiger partial charge in [0.15, 0.2) is 0 Å². The Labute approximate surface area is 64.2 Å². The summed E-state index contributed by atoms with van der Waals surface area (Å²) in [7, 11) is 0. The van der Waals surface area contributed by atoms with E-state index in [9.17, 15) is 0 Å². The fourth-order valence-corrected chi connectivity index (χ4v) is 2.29. The molecule has 0 aromatic heterocycles. The zero-order valence-electron chi connectivity index (χ0n) is 7.57. The molecule has 0 heterocycles. The Balaban J connectivity index is 2.27. The van der Waals surface area contributed by atoms with E-state index in [4.69, 9.17) is 0 Å². The largest absolute Gasteiger partial charge is 0.309 e. The molecular weight excluding hydrogens is 122 g/mol. The Kier molecular flexibility index (Phi) is 2.04. The summed E-state index contributed by atoms with van der Waals surface area (Å²) in [6, 6.07) is 0.637. The van der Waals surface area contributed by atoms with E-state index < -0.39 is 0 Å². The molecule has 0 atom stereocenters. The summed E-state index contributed by atoms with van der Waals surface area (Å²) in [6.07, 6.45) is 2.70. The topological polar surface area (TPSA) is 12.0 Å². The van der Waals surface area contributed by atoms with Crippen LogP contribution >= 0.6 is 0 Å². The van der Waals surface area contributed by atoms with Crippen LogP contribution in [0.5, 0.6) is 0 Å². The molecule has 1 rings (SSSR count). The highest BCUT2D eigenvalue weighted by molar-refractivity contribution is 4.96. The first-order valence-electron chi connectivity index (χ1n) is 4.29. The van der Waals surface area contributed by atoms with Crippen LogP contribution < -0.4 is 5.32 Å². The van der Waals surface area contributed by atoms with E-state index in [1.54, 1.807) is 0 Å². The minimum Gasteiger partial charge on any atom is -0.309 e. The predicted octanol–water partition coefficient (Wildman–Crippen LogP) is 2.17. The van der Waals surface area contributed by atoms with Gasteiger partial charge in [-0.2, -0.15) is 0 Å². The van der Waals surface area contributed by atoms with Crippen molar-refractivity contribution in [3.63, 3.8) is 0 Å². The van der Waals surface area contributed by atoms with E-state index in [2.05, 4.69) is 33.0 Å². The third-order valence-electron chi connectivity index (χ3n) is 2.24. The average Bonchev–Trinajstić information content (AvgIpc) is 1.57. The van der Waals surface area contributed by atoms with Crippen molar-refractivity contribution >= 4 is 0 Å². The van der Waals surface area contributed by atoms with Crippen LogP contribution in [0.4, 0.5) is 0 Å². The molecule has 0 unspecified atom stereocenters. The second-order valence-electron chi connectivity index (χ2n) is 4.37. The van der Waals surface area contributed by atoms with Crippen molar-refractivity contribution in [3.8, 4) is 0 Å². The van der Waals surface area contributed by atoms with Gasteiger partial charge in [-0.05, 0) is 25.7 Å². The summed E-state index contributed by atoms with van der Waals surface area (Å²) < 4.78 is 0. The molecule has 1 nitrogen and oxygen atoms in total. The Hall–Kier alpha value is -0.0400. The highest BCUT2D eigenvalue weighted by Gasteiger charge is 2.37. The third kappa shape index (κ3) is 1.72. The van der Waals surface area contributed by atoms with Gasteiger partial charge in [-0.1, -0.05) is 20.8 Å². The van der Waals surface area contributed by atoms with E-state index in [0.717, 1.165) is 5.92 Å². The fraction of sp³-hybridized carbons (Fsp3) is 1.00. The first-order chi connectivity index (χ1) is 4.52. The minimum absolute atomic E-state index is 0.466. The van der Waals surface area contributed by atoms with Crippen molar-refractivity contribution in [1.29, 1.82) is 0 Å². The Morgan fingerprint density at radius 1 is 1.40 bits per heavy atom. The maximum Gasteiger partial charge on any atom is 0.0160 e. The van der Waals surface area contributed by atoms with Crippen molar-refractivity contribution in [1.82, 2.24) is 5.32 Å². The quantitative estimate of drug-likeness (QED) is 0.621. The molecule has 0 saturated heterocycles. The minimum atomic E-state index is 0.466. The number of nitrogens with one attached hydrogen (secondary N) is 1. The maximum atomic E-state index is 3.59. The van der Waals surface area contributed by atoms with Gasteiger partial charge in [0.25, 0.3) is 0 Å². The van der Waals surface area contributed by atoms with Crippen molar-refractivity contribution in [2.24, 2.45) is 5.92 Å². The second-order valence-corrected chi connectivity index (χ2v) is 4.37. The van der Waals surface area contributed by atoms with Crippen LogP contribution in [0, 0.1) is 5.92 Å². The molecule has 0 bridgehead atoms. The normalized spacial score (nSPS) is 39.9. The van der Waals surface area contributed by atoms with Gasteiger partial charge in [-0.25, -0.2) is 0 Å². The van der Waals surface area contributed by atoms with Gasteiger partial charge in [0.05, 0.1) is 0 Å². The van der Waals surface area contributed by atoms with Crippen LogP contribution in [-0.2, 0) is 0 Å². The highest BCUT2D eigenvalue weighted by atomic mass is 15.0. The van der Waals surface area contributed by atoms with Crippen LogP contribution in [0.15, 0.2) is 0 Å². The molecule has 0 aliphatic heterocycles. The molecule has 1 saturated carbocycles. The Bertz CT molecular complexity index is 112. The zero-order valence-corrected chi connectivity index (χ0v) is 7.57. The van der Waals surface area contributed by atoms with Gasteiger partial charge < -0.3 is 5.32 Å². The Morgan fingerprint density at radius 3 is 2.20 bits per heavy atom. The van der Waals surface area contributed by atoms with Crippen LogP contribution in [0.1, 0.15) is 40.5 Å². The highest BCUT2D eigenvalue weighted by Crippen LogP contribution is 2.36. The first kappa shape index (κ1) is 8.06. The maximum absolute atomic E-state index is 3.59. The third-order valence-corrected chi connectivity index (χ3v) is 2.24. The average molecular weight is 141 g/mol. The summed E-state index contributed by atoms with van der Waals surface area (Å²) in [5.41, 5.74) is 0.466. The van der Waals surface area contributed by atoms with Gasteiger partial charge in [0.2, 0.25) is 0 Å². The molecule has 1 aliphatic carbocycles. The fourth-order valence-electron chi connectivity index (χ4n) is 2.29. The predicted molar refractivity (Wildman–Crippen MR) is 45.1 cm³/mol. The molecule has 10 heavy (non-hydrogen) atoms. The molecule has 0 aromatic rings. The molecule has 60 valence electrons. The van der Waals surface area contributed by atoms with Gasteiger partial charge in [-0.15, -0.1) is 0 Å². The van der Waals surface area contributed by atoms with E-state index >= 15 is 0 Å². The first-order valence-corrected chi connectivity index (χ1v) is 4.29. The standard InChI is InChI=1S/C9H19N/c1-7(2)10-9(4)5-8(3)6-9/h7-8,10H,5-6H2,1-4H3. The van der Waals surface area contributed by atoms with Gasteiger partial charge >= 0.3 is 0 Å². The van der Waals surface area contributed by atoms with E-state index in [1.165, 1.54) is 12.8 Å². The van der Waals surface area contributed by atoms with Crippen LogP contribution in [0.3, 0.4) is 0 Å². The summed E-state index contributed by atoms with van der Waals surface area (Å²) >= 11 is 0. The summed E-state index contributed by atoms with van der Waals surface area (Å²) in [5.74, 6) is 0.941. The molecule has 1 aliphatic rings. The monoisotopic (exact) mass is 141 g/mol. The van der Waals surface area contributed by atoms with Gasteiger partial charge in [0, 0.05) is 11.6 Å². The smallest absolute Gasteiger partial charge is 0.0160 e.